The SMILES string of the molecule is Cc1cc(Cl)c(NCc2ccc(O)cc2)cc1Cl. The Balaban J connectivity index is 2.10. The molecule has 0 fully saturated rings. The van der Waals surface area contributed by atoms with E-state index in [0.717, 1.165) is 16.8 Å². The zero-order valence-corrected chi connectivity index (χ0v) is 11.4. The lowest BCUT2D eigenvalue weighted by atomic mass is 10.2. The van der Waals surface area contributed by atoms with Crippen LogP contribution in [0.1, 0.15) is 11.1 Å². The number of aromatic hydroxyl groups is 1. The van der Waals surface area contributed by atoms with Crippen LogP contribution in [-0.4, -0.2) is 5.11 Å². The highest BCUT2D eigenvalue weighted by atomic mass is 35.5. The minimum Gasteiger partial charge on any atom is -0.508 e. The van der Waals surface area contributed by atoms with E-state index in [-0.39, 0.29) is 5.75 Å². The van der Waals surface area contributed by atoms with Gasteiger partial charge in [0.2, 0.25) is 0 Å². The third-order valence-corrected chi connectivity index (χ3v) is 3.39. The molecule has 4 heteroatoms. The molecule has 2 rings (SSSR count). The van der Waals surface area contributed by atoms with Crippen LogP contribution in [0.2, 0.25) is 10.0 Å². The lowest BCUT2D eigenvalue weighted by molar-refractivity contribution is 0.475. The smallest absolute Gasteiger partial charge is 0.115 e. The number of nitrogens with one attached hydrogen (secondary N) is 1. The van der Waals surface area contributed by atoms with Crippen molar-refractivity contribution in [1.29, 1.82) is 0 Å². The van der Waals surface area contributed by atoms with Crippen molar-refractivity contribution < 1.29 is 5.11 Å². The van der Waals surface area contributed by atoms with Gasteiger partial charge in [0.15, 0.2) is 0 Å². The van der Waals surface area contributed by atoms with Crippen molar-refractivity contribution in [1.82, 2.24) is 0 Å². The van der Waals surface area contributed by atoms with Crippen molar-refractivity contribution in [2.45, 2.75) is 13.5 Å². The Labute approximate surface area is 116 Å². The summed E-state index contributed by atoms with van der Waals surface area (Å²) in [4.78, 5) is 0. The largest absolute Gasteiger partial charge is 0.508 e. The molecule has 0 heterocycles. The van der Waals surface area contributed by atoms with Crippen molar-refractivity contribution in [3.05, 3.63) is 57.6 Å². The number of anilines is 1. The fraction of sp³-hybridized carbons (Fsp3) is 0.143. The van der Waals surface area contributed by atoms with E-state index >= 15 is 0 Å². The van der Waals surface area contributed by atoms with E-state index in [9.17, 15) is 5.11 Å². The van der Waals surface area contributed by atoms with Crippen LogP contribution in [-0.2, 0) is 6.54 Å². The summed E-state index contributed by atoms with van der Waals surface area (Å²) in [5, 5.41) is 13.7. The molecule has 0 amide bonds. The number of rotatable bonds is 3. The van der Waals surface area contributed by atoms with E-state index in [1.54, 1.807) is 12.1 Å². The lowest BCUT2D eigenvalue weighted by Crippen LogP contribution is -2.00. The van der Waals surface area contributed by atoms with Gasteiger partial charge in [0, 0.05) is 11.6 Å². The van der Waals surface area contributed by atoms with Gasteiger partial charge in [0.25, 0.3) is 0 Å². The second kappa shape index (κ2) is 5.51. The van der Waals surface area contributed by atoms with Crippen LogP contribution in [0.4, 0.5) is 5.69 Å². The summed E-state index contributed by atoms with van der Waals surface area (Å²) in [6.45, 7) is 2.54. The van der Waals surface area contributed by atoms with Gasteiger partial charge >= 0.3 is 0 Å². The fourth-order valence-electron chi connectivity index (χ4n) is 1.59. The number of benzene rings is 2. The topological polar surface area (TPSA) is 32.3 Å². The number of hydrogen-bond donors (Lipinski definition) is 2. The van der Waals surface area contributed by atoms with Crippen LogP contribution in [0, 0.1) is 6.92 Å². The van der Waals surface area contributed by atoms with Gasteiger partial charge in [-0.05, 0) is 42.3 Å². The van der Waals surface area contributed by atoms with Gasteiger partial charge in [-0.2, -0.15) is 0 Å². The molecule has 2 aromatic rings. The van der Waals surface area contributed by atoms with Crippen LogP contribution in [0.3, 0.4) is 0 Å². The van der Waals surface area contributed by atoms with E-state index in [2.05, 4.69) is 5.32 Å². The first-order chi connectivity index (χ1) is 8.56. The molecule has 0 saturated carbocycles. The molecule has 2 N–H and O–H groups in total. The molecule has 0 aromatic heterocycles. The number of phenolic OH excluding ortho intramolecular Hbond substituents is 1. The molecule has 0 spiro atoms. The average molecular weight is 282 g/mol. The molecule has 18 heavy (non-hydrogen) atoms. The summed E-state index contributed by atoms with van der Waals surface area (Å²) in [6, 6.07) is 10.7. The van der Waals surface area contributed by atoms with E-state index in [4.69, 9.17) is 23.2 Å². The predicted molar refractivity (Wildman–Crippen MR) is 76.6 cm³/mol. The third-order valence-electron chi connectivity index (χ3n) is 2.67. The van der Waals surface area contributed by atoms with Gasteiger partial charge in [-0.15, -0.1) is 0 Å². The van der Waals surface area contributed by atoms with Gasteiger partial charge in [-0.25, -0.2) is 0 Å². The first-order valence-corrected chi connectivity index (χ1v) is 6.29. The van der Waals surface area contributed by atoms with E-state index in [1.165, 1.54) is 0 Å². The second-order valence-corrected chi connectivity index (χ2v) is 4.92. The van der Waals surface area contributed by atoms with E-state index in [0.29, 0.717) is 16.6 Å². The van der Waals surface area contributed by atoms with Gasteiger partial charge in [-0.1, -0.05) is 35.3 Å². The van der Waals surface area contributed by atoms with Crippen molar-refractivity contribution >= 4 is 28.9 Å². The average Bonchev–Trinajstić information content (AvgIpc) is 2.34. The van der Waals surface area contributed by atoms with Gasteiger partial charge < -0.3 is 10.4 Å². The zero-order chi connectivity index (χ0) is 13.1. The summed E-state index contributed by atoms with van der Waals surface area (Å²) in [5.41, 5.74) is 2.82. The summed E-state index contributed by atoms with van der Waals surface area (Å²) in [6.07, 6.45) is 0. The highest BCUT2D eigenvalue weighted by Gasteiger charge is 2.04. The Morgan fingerprint density at radius 1 is 1.06 bits per heavy atom. The quantitative estimate of drug-likeness (QED) is 0.861. The number of hydrogen-bond acceptors (Lipinski definition) is 2. The van der Waals surface area contributed by atoms with Crippen molar-refractivity contribution in [2.75, 3.05) is 5.32 Å². The first kappa shape index (κ1) is 13.1. The molecule has 0 unspecified atom stereocenters. The number of halogens is 2. The third kappa shape index (κ3) is 3.09. The zero-order valence-electron chi connectivity index (χ0n) is 9.87. The summed E-state index contributed by atoms with van der Waals surface area (Å²) in [7, 11) is 0. The molecule has 0 atom stereocenters. The molecule has 0 radical (unpaired) electrons. The molecule has 0 aliphatic carbocycles. The molecule has 0 aliphatic heterocycles. The van der Waals surface area contributed by atoms with Gasteiger partial charge in [0.05, 0.1) is 10.7 Å². The minimum absolute atomic E-state index is 0.259. The minimum atomic E-state index is 0.259. The number of phenols is 1. The summed E-state index contributed by atoms with van der Waals surface area (Å²) >= 11 is 12.2. The van der Waals surface area contributed by atoms with E-state index < -0.39 is 0 Å². The van der Waals surface area contributed by atoms with Gasteiger partial charge in [-0.3, -0.25) is 0 Å². The normalized spacial score (nSPS) is 10.4. The van der Waals surface area contributed by atoms with Gasteiger partial charge in [0.1, 0.15) is 5.75 Å². The van der Waals surface area contributed by atoms with Crippen LogP contribution >= 0.6 is 23.2 Å². The standard InChI is InChI=1S/C14H13Cl2NO/c1-9-6-13(16)14(7-12(9)15)17-8-10-2-4-11(18)5-3-10/h2-7,17-18H,8H2,1H3. The predicted octanol–water partition coefficient (Wildman–Crippen LogP) is 4.62. The molecule has 0 aliphatic rings. The highest BCUT2D eigenvalue weighted by molar-refractivity contribution is 6.35. The van der Waals surface area contributed by atoms with E-state index in [1.807, 2.05) is 31.2 Å². The second-order valence-electron chi connectivity index (χ2n) is 4.10. The summed E-state index contributed by atoms with van der Waals surface area (Å²) < 4.78 is 0. The number of aryl methyl sites for hydroxylation is 1. The molecule has 2 aromatic carbocycles. The Hall–Kier alpha value is -1.38. The Kier molecular flexibility index (Phi) is 4.00. The fourth-order valence-corrected chi connectivity index (χ4v) is 2.04. The molecular weight excluding hydrogens is 269 g/mol. The molecule has 2 nitrogen and oxygen atoms in total. The first-order valence-electron chi connectivity index (χ1n) is 5.53. The Bertz CT molecular complexity index is 552. The lowest BCUT2D eigenvalue weighted by Gasteiger charge is -2.10. The van der Waals surface area contributed by atoms with Crippen molar-refractivity contribution in [2.24, 2.45) is 0 Å². The highest BCUT2D eigenvalue weighted by Crippen LogP contribution is 2.29. The maximum Gasteiger partial charge on any atom is 0.115 e. The molecule has 94 valence electrons. The maximum atomic E-state index is 9.19. The molecule has 0 saturated heterocycles. The molecule has 0 bridgehead atoms. The van der Waals surface area contributed by atoms with Crippen LogP contribution in [0.5, 0.6) is 5.75 Å². The van der Waals surface area contributed by atoms with Crippen LogP contribution < -0.4 is 5.32 Å². The van der Waals surface area contributed by atoms with Crippen molar-refractivity contribution in [3.8, 4) is 5.75 Å². The maximum absolute atomic E-state index is 9.19. The van der Waals surface area contributed by atoms with Crippen molar-refractivity contribution in [3.63, 3.8) is 0 Å². The van der Waals surface area contributed by atoms with Crippen LogP contribution in [0.15, 0.2) is 36.4 Å². The summed E-state index contributed by atoms with van der Waals surface area (Å²) in [5.74, 6) is 0.259. The Morgan fingerprint density at radius 3 is 2.39 bits per heavy atom. The molecular formula is C14H13Cl2NO. The Morgan fingerprint density at radius 2 is 1.72 bits per heavy atom. The van der Waals surface area contributed by atoms with Crippen LogP contribution in [0.25, 0.3) is 0 Å². The monoisotopic (exact) mass is 281 g/mol.